The van der Waals surface area contributed by atoms with Crippen LogP contribution in [-0.2, 0) is 0 Å². The SMILES string of the molecule is [CH2]c1cc2cccc(OC)c2o1. The minimum Gasteiger partial charge on any atom is -0.493 e. The van der Waals surface area contributed by atoms with Crippen LogP contribution in [0.4, 0.5) is 0 Å². The molecule has 12 heavy (non-hydrogen) atoms. The zero-order chi connectivity index (χ0) is 8.55. The number of methoxy groups -OCH3 is 1. The van der Waals surface area contributed by atoms with E-state index >= 15 is 0 Å². The first-order valence-electron chi connectivity index (χ1n) is 3.70. The normalized spacial score (nSPS) is 10.5. The summed E-state index contributed by atoms with van der Waals surface area (Å²) in [6.45, 7) is 3.71. The number of rotatable bonds is 1. The van der Waals surface area contributed by atoms with Crippen LogP contribution < -0.4 is 4.74 Å². The number of hydrogen-bond acceptors (Lipinski definition) is 2. The van der Waals surface area contributed by atoms with Gasteiger partial charge in [-0.25, -0.2) is 0 Å². The molecule has 2 nitrogen and oxygen atoms in total. The van der Waals surface area contributed by atoms with Crippen LogP contribution in [0, 0.1) is 6.92 Å². The maximum atomic E-state index is 5.35. The summed E-state index contributed by atoms with van der Waals surface area (Å²) in [5.74, 6) is 1.41. The molecule has 0 spiro atoms. The Balaban J connectivity index is 2.78. The molecular formula is C10H9O2. The first kappa shape index (κ1) is 7.22. The monoisotopic (exact) mass is 161 g/mol. The molecule has 0 saturated carbocycles. The first-order chi connectivity index (χ1) is 5.81. The second kappa shape index (κ2) is 2.55. The molecule has 0 unspecified atom stereocenters. The summed E-state index contributed by atoms with van der Waals surface area (Å²) in [4.78, 5) is 0. The van der Waals surface area contributed by atoms with Crippen molar-refractivity contribution in [2.75, 3.05) is 7.11 Å². The van der Waals surface area contributed by atoms with Gasteiger partial charge < -0.3 is 9.15 Å². The van der Waals surface area contributed by atoms with E-state index in [1.54, 1.807) is 7.11 Å². The van der Waals surface area contributed by atoms with Gasteiger partial charge in [0.05, 0.1) is 7.11 Å². The highest BCUT2D eigenvalue weighted by Crippen LogP contribution is 2.27. The van der Waals surface area contributed by atoms with Crippen molar-refractivity contribution in [1.29, 1.82) is 0 Å². The number of hydrogen-bond donors (Lipinski definition) is 0. The molecular weight excluding hydrogens is 152 g/mol. The molecule has 0 aliphatic heterocycles. The van der Waals surface area contributed by atoms with Crippen LogP contribution in [0.1, 0.15) is 5.76 Å². The highest BCUT2D eigenvalue weighted by atomic mass is 16.5. The molecule has 0 aliphatic carbocycles. The standard InChI is InChI=1S/C10H9O2/c1-7-6-8-4-3-5-9(11-2)10(8)12-7/h3-6H,1H2,2H3. The Hall–Kier alpha value is -1.44. The van der Waals surface area contributed by atoms with Gasteiger partial charge >= 0.3 is 0 Å². The van der Waals surface area contributed by atoms with Crippen molar-refractivity contribution in [2.45, 2.75) is 0 Å². The van der Waals surface area contributed by atoms with Crippen molar-refractivity contribution >= 4 is 11.0 Å². The predicted molar refractivity (Wildman–Crippen MR) is 47.2 cm³/mol. The lowest BCUT2D eigenvalue weighted by atomic mass is 10.2. The number of ether oxygens (including phenoxy) is 1. The smallest absolute Gasteiger partial charge is 0.176 e. The molecule has 0 amide bonds. The van der Waals surface area contributed by atoms with E-state index in [1.807, 2.05) is 24.3 Å². The number of furan rings is 1. The van der Waals surface area contributed by atoms with Crippen molar-refractivity contribution < 1.29 is 9.15 Å². The number of para-hydroxylation sites is 1. The summed E-state index contributed by atoms with van der Waals surface area (Å²) in [7, 11) is 1.63. The van der Waals surface area contributed by atoms with E-state index in [4.69, 9.17) is 9.15 Å². The lowest BCUT2D eigenvalue weighted by molar-refractivity contribution is 0.409. The van der Waals surface area contributed by atoms with Crippen LogP contribution in [0.5, 0.6) is 5.75 Å². The zero-order valence-corrected chi connectivity index (χ0v) is 6.83. The zero-order valence-electron chi connectivity index (χ0n) is 6.83. The van der Waals surface area contributed by atoms with Crippen LogP contribution in [-0.4, -0.2) is 7.11 Å². The molecule has 1 aromatic heterocycles. The van der Waals surface area contributed by atoms with Crippen molar-refractivity contribution in [1.82, 2.24) is 0 Å². The van der Waals surface area contributed by atoms with E-state index in [9.17, 15) is 0 Å². The average molecular weight is 161 g/mol. The highest BCUT2D eigenvalue weighted by molar-refractivity contribution is 5.83. The second-order valence-electron chi connectivity index (χ2n) is 2.59. The molecule has 0 N–H and O–H groups in total. The predicted octanol–water partition coefficient (Wildman–Crippen LogP) is 2.62. The molecule has 2 heteroatoms. The summed E-state index contributed by atoms with van der Waals surface area (Å²) in [6.07, 6.45) is 0. The molecule has 0 fully saturated rings. The third-order valence-corrected chi connectivity index (χ3v) is 1.78. The Morgan fingerprint density at radius 1 is 1.42 bits per heavy atom. The van der Waals surface area contributed by atoms with E-state index < -0.39 is 0 Å². The average Bonchev–Trinajstić information content (AvgIpc) is 2.44. The summed E-state index contributed by atoms with van der Waals surface area (Å²) in [5.41, 5.74) is 0.769. The number of benzene rings is 1. The van der Waals surface area contributed by atoms with Crippen molar-refractivity contribution in [2.24, 2.45) is 0 Å². The molecule has 0 atom stereocenters. The van der Waals surface area contributed by atoms with Gasteiger partial charge in [0.25, 0.3) is 0 Å². The van der Waals surface area contributed by atoms with Gasteiger partial charge in [-0.2, -0.15) is 0 Å². The summed E-state index contributed by atoms with van der Waals surface area (Å²) in [5, 5.41) is 1.03. The maximum absolute atomic E-state index is 5.35. The van der Waals surface area contributed by atoms with Crippen molar-refractivity contribution in [3.05, 3.63) is 36.9 Å². The van der Waals surface area contributed by atoms with Crippen molar-refractivity contribution in [3.8, 4) is 5.75 Å². The highest BCUT2D eigenvalue weighted by Gasteiger charge is 2.04. The Bertz CT molecular complexity index is 401. The Labute approximate surface area is 70.8 Å². The van der Waals surface area contributed by atoms with E-state index in [0.29, 0.717) is 5.76 Å². The fourth-order valence-electron chi connectivity index (χ4n) is 1.25. The Morgan fingerprint density at radius 3 is 3.00 bits per heavy atom. The van der Waals surface area contributed by atoms with Crippen LogP contribution in [0.2, 0.25) is 0 Å². The first-order valence-corrected chi connectivity index (χ1v) is 3.70. The lowest BCUT2D eigenvalue weighted by Gasteiger charge is -1.97. The summed E-state index contributed by atoms with van der Waals surface area (Å²) >= 11 is 0. The van der Waals surface area contributed by atoms with Gasteiger partial charge in [-0.3, -0.25) is 0 Å². The molecule has 0 saturated heterocycles. The quantitative estimate of drug-likeness (QED) is 0.641. The van der Waals surface area contributed by atoms with Crippen LogP contribution in [0.25, 0.3) is 11.0 Å². The molecule has 0 bridgehead atoms. The summed E-state index contributed by atoms with van der Waals surface area (Å²) < 4.78 is 10.5. The van der Waals surface area contributed by atoms with Crippen LogP contribution in [0.3, 0.4) is 0 Å². The minimum atomic E-state index is 0.662. The molecule has 2 rings (SSSR count). The third kappa shape index (κ3) is 0.961. The molecule has 61 valence electrons. The van der Waals surface area contributed by atoms with Gasteiger partial charge in [-0.15, -0.1) is 0 Å². The van der Waals surface area contributed by atoms with Gasteiger partial charge in [-0.05, 0) is 12.1 Å². The fraction of sp³-hybridized carbons (Fsp3) is 0.100. The van der Waals surface area contributed by atoms with Gasteiger partial charge in [0, 0.05) is 12.3 Å². The maximum Gasteiger partial charge on any atom is 0.176 e. The summed E-state index contributed by atoms with van der Waals surface area (Å²) in [6, 6.07) is 7.65. The van der Waals surface area contributed by atoms with Gasteiger partial charge in [0.2, 0.25) is 0 Å². The van der Waals surface area contributed by atoms with Crippen LogP contribution in [0.15, 0.2) is 28.7 Å². The third-order valence-electron chi connectivity index (χ3n) is 1.78. The number of fused-ring (bicyclic) bond motifs is 1. The van der Waals surface area contributed by atoms with E-state index in [0.717, 1.165) is 16.7 Å². The molecule has 1 aromatic carbocycles. The molecule has 0 aliphatic rings. The van der Waals surface area contributed by atoms with Crippen molar-refractivity contribution in [3.63, 3.8) is 0 Å². The molecule has 1 radical (unpaired) electrons. The molecule has 2 aromatic rings. The second-order valence-corrected chi connectivity index (χ2v) is 2.59. The van der Waals surface area contributed by atoms with E-state index in [1.165, 1.54) is 0 Å². The topological polar surface area (TPSA) is 22.4 Å². The van der Waals surface area contributed by atoms with Gasteiger partial charge in [0.15, 0.2) is 11.3 Å². The van der Waals surface area contributed by atoms with E-state index in [-0.39, 0.29) is 0 Å². The Kier molecular flexibility index (Phi) is 1.54. The minimum absolute atomic E-state index is 0.662. The molecule has 1 heterocycles. The van der Waals surface area contributed by atoms with Gasteiger partial charge in [0.1, 0.15) is 5.76 Å². The Morgan fingerprint density at radius 2 is 2.25 bits per heavy atom. The van der Waals surface area contributed by atoms with E-state index in [2.05, 4.69) is 6.92 Å². The fourth-order valence-corrected chi connectivity index (χ4v) is 1.25. The lowest BCUT2D eigenvalue weighted by Crippen LogP contribution is -1.81. The van der Waals surface area contributed by atoms with Crippen LogP contribution >= 0.6 is 0 Å². The van der Waals surface area contributed by atoms with Gasteiger partial charge in [-0.1, -0.05) is 12.1 Å². The largest absolute Gasteiger partial charge is 0.493 e.